The van der Waals surface area contributed by atoms with Crippen LogP contribution in [0.4, 0.5) is 17.6 Å². The number of aromatic nitrogens is 3. The molecular formula is C12H11BrF4N4. The summed E-state index contributed by atoms with van der Waals surface area (Å²) in [5, 5.41) is 10.2. The monoisotopic (exact) mass is 366 g/mol. The van der Waals surface area contributed by atoms with Crippen LogP contribution in [0, 0.1) is 5.82 Å². The van der Waals surface area contributed by atoms with Crippen molar-refractivity contribution in [3.05, 3.63) is 45.4 Å². The van der Waals surface area contributed by atoms with Gasteiger partial charge in [-0.05, 0) is 46.7 Å². The van der Waals surface area contributed by atoms with Crippen molar-refractivity contribution < 1.29 is 17.6 Å². The normalized spacial score (nSPS) is 13.5. The quantitative estimate of drug-likeness (QED) is 0.849. The topological polar surface area (TPSA) is 42.7 Å². The van der Waals surface area contributed by atoms with Crippen LogP contribution in [0.1, 0.15) is 22.9 Å². The molecule has 0 amide bonds. The molecule has 2 rings (SSSR count). The van der Waals surface area contributed by atoms with Crippen LogP contribution in [0.5, 0.6) is 0 Å². The predicted octanol–water partition coefficient (Wildman–Crippen LogP) is 3.04. The van der Waals surface area contributed by atoms with Gasteiger partial charge in [-0.15, -0.1) is 5.10 Å². The lowest BCUT2D eigenvalue weighted by Crippen LogP contribution is -2.24. The van der Waals surface area contributed by atoms with Gasteiger partial charge in [0, 0.05) is 7.05 Å². The van der Waals surface area contributed by atoms with Crippen molar-refractivity contribution in [3.63, 3.8) is 0 Å². The average Bonchev–Trinajstić information content (AvgIpc) is 2.70. The van der Waals surface area contributed by atoms with E-state index in [4.69, 9.17) is 0 Å². The molecule has 0 radical (unpaired) electrons. The van der Waals surface area contributed by atoms with Gasteiger partial charge < -0.3 is 5.32 Å². The molecule has 1 N–H and O–H groups in total. The molecule has 0 aliphatic carbocycles. The summed E-state index contributed by atoms with van der Waals surface area (Å²) in [6.45, 7) is 0. The molecule has 1 atom stereocenters. The maximum Gasteiger partial charge on any atom is 0.416 e. The van der Waals surface area contributed by atoms with Crippen LogP contribution in [0.2, 0.25) is 0 Å². The molecule has 9 heteroatoms. The largest absolute Gasteiger partial charge is 0.416 e. The molecule has 0 spiro atoms. The summed E-state index contributed by atoms with van der Waals surface area (Å²) in [5.41, 5.74) is -0.763. The number of aryl methyl sites for hydroxylation is 1. The minimum Gasteiger partial charge on any atom is -0.308 e. The van der Waals surface area contributed by atoms with E-state index in [1.54, 1.807) is 7.05 Å². The van der Waals surface area contributed by atoms with Crippen LogP contribution in [0.25, 0.3) is 0 Å². The van der Waals surface area contributed by atoms with Gasteiger partial charge in [0.1, 0.15) is 5.82 Å². The summed E-state index contributed by atoms with van der Waals surface area (Å²) in [6, 6.07) is 1.47. The first-order valence-corrected chi connectivity index (χ1v) is 6.64. The predicted molar refractivity (Wildman–Crippen MR) is 71.0 cm³/mol. The Morgan fingerprint density at radius 2 is 2.00 bits per heavy atom. The summed E-state index contributed by atoms with van der Waals surface area (Å²) >= 11 is 3.14. The molecule has 1 aromatic carbocycles. The third-order valence-electron chi connectivity index (χ3n) is 3.02. The van der Waals surface area contributed by atoms with Gasteiger partial charge >= 0.3 is 6.18 Å². The first-order valence-electron chi connectivity index (χ1n) is 5.84. The van der Waals surface area contributed by atoms with Crippen LogP contribution in [-0.2, 0) is 13.2 Å². The van der Waals surface area contributed by atoms with Gasteiger partial charge in [0.05, 0.1) is 17.3 Å². The Hall–Kier alpha value is -1.48. The molecule has 0 saturated heterocycles. The highest BCUT2D eigenvalue weighted by molar-refractivity contribution is 9.10. The second-order valence-corrected chi connectivity index (χ2v) is 5.09. The number of alkyl halides is 3. The molecular weight excluding hydrogens is 356 g/mol. The van der Waals surface area contributed by atoms with Crippen LogP contribution in [0.3, 0.4) is 0 Å². The number of rotatable bonds is 3. The fraction of sp³-hybridized carbons (Fsp3) is 0.333. The first kappa shape index (κ1) is 15.9. The molecule has 1 heterocycles. The number of hydrogen-bond acceptors (Lipinski definition) is 3. The molecule has 0 fully saturated rings. The molecule has 1 unspecified atom stereocenters. The van der Waals surface area contributed by atoms with Crippen molar-refractivity contribution in [3.8, 4) is 0 Å². The van der Waals surface area contributed by atoms with E-state index in [0.717, 1.165) is 18.2 Å². The van der Waals surface area contributed by atoms with Gasteiger partial charge in [-0.3, -0.25) is 0 Å². The van der Waals surface area contributed by atoms with Crippen molar-refractivity contribution in [1.82, 2.24) is 20.3 Å². The molecule has 114 valence electrons. The summed E-state index contributed by atoms with van der Waals surface area (Å²) in [7, 11) is 3.03. The highest BCUT2D eigenvalue weighted by Gasteiger charge is 2.36. The number of nitrogens with one attached hydrogen (secondary N) is 1. The van der Waals surface area contributed by atoms with Crippen LogP contribution in [0.15, 0.2) is 22.8 Å². The Labute approximate surface area is 126 Å². The smallest absolute Gasteiger partial charge is 0.308 e. The van der Waals surface area contributed by atoms with Crippen molar-refractivity contribution in [2.24, 2.45) is 7.05 Å². The molecule has 21 heavy (non-hydrogen) atoms. The van der Waals surface area contributed by atoms with E-state index in [0.29, 0.717) is 10.3 Å². The molecule has 0 saturated carbocycles. The maximum atomic E-state index is 13.4. The Kier molecular flexibility index (Phi) is 4.33. The van der Waals surface area contributed by atoms with E-state index < -0.39 is 23.6 Å². The van der Waals surface area contributed by atoms with Crippen molar-refractivity contribution in [2.75, 3.05) is 7.05 Å². The second-order valence-electron chi connectivity index (χ2n) is 4.34. The minimum atomic E-state index is -4.59. The third kappa shape index (κ3) is 3.08. The van der Waals surface area contributed by atoms with Gasteiger partial charge in [-0.25, -0.2) is 9.07 Å². The lowest BCUT2D eigenvalue weighted by atomic mass is 9.97. The van der Waals surface area contributed by atoms with E-state index in [-0.39, 0.29) is 5.56 Å². The third-order valence-corrected chi connectivity index (χ3v) is 3.58. The van der Waals surface area contributed by atoms with Gasteiger partial charge in [0.2, 0.25) is 0 Å². The van der Waals surface area contributed by atoms with E-state index in [1.165, 1.54) is 11.7 Å². The van der Waals surface area contributed by atoms with Gasteiger partial charge in [-0.2, -0.15) is 13.2 Å². The zero-order valence-corrected chi connectivity index (χ0v) is 12.6. The van der Waals surface area contributed by atoms with Gasteiger partial charge in [0.15, 0.2) is 4.60 Å². The van der Waals surface area contributed by atoms with Gasteiger partial charge in [-0.1, -0.05) is 5.21 Å². The number of nitrogens with zero attached hydrogens (tertiary/aromatic N) is 3. The van der Waals surface area contributed by atoms with Gasteiger partial charge in [0.25, 0.3) is 0 Å². The van der Waals surface area contributed by atoms with Crippen molar-refractivity contribution in [1.29, 1.82) is 0 Å². The Morgan fingerprint density at radius 1 is 1.33 bits per heavy atom. The molecule has 4 nitrogen and oxygen atoms in total. The highest BCUT2D eigenvalue weighted by Crippen LogP contribution is 2.37. The molecule has 0 aliphatic heterocycles. The SMILES string of the molecule is CNC(c1cc(F)ccc1C(F)(F)F)c1c(Br)nnn1C. The lowest BCUT2D eigenvalue weighted by Gasteiger charge is -2.21. The fourth-order valence-electron chi connectivity index (χ4n) is 2.12. The highest BCUT2D eigenvalue weighted by atomic mass is 79.9. The second kappa shape index (κ2) is 5.72. The summed E-state index contributed by atoms with van der Waals surface area (Å²) < 4.78 is 54.4. The van der Waals surface area contributed by atoms with Crippen molar-refractivity contribution >= 4 is 15.9 Å². The van der Waals surface area contributed by atoms with Crippen LogP contribution >= 0.6 is 15.9 Å². The summed E-state index contributed by atoms with van der Waals surface area (Å²) in [6.07, 6.45) is -4.59. The minimum absolute atomic E-state index is 0.226. The van der Waals surface area contributed by atoms with E-state index in [2.05, 4.69) is 31.6 Å². The van der Waals surface area contributed by atoms with E-state index in [9.17, 15) is 17.6 Å². The molecule has 0 aliphatic rings. The van der Waals surface area contributed by atoms with Crippen LogP contribution < -0.4 is 5.32 Å². The lowest BCUT2D eigenvalue weighted by molar-refractivity contribution is -0.138. The molecule has 2 aromatic rings. The first-order chi connectivity index (χ1) is 9.75. The number of halogens is 5. The Morgan fingerprint density at radius 3 is 2.48 bits per heavy atom. The Bertz CT molecular complexity index is 634. The molecule has 1 aromatic heterocycles. The number of hydrogen-bond donors (Lipinski definition) is 1. The molecule has 0 bridgehead atoms. The zero-order valence-electron chi connectivity index (χ0n) is 11.0. The van der Waals surface area contributed by atoms with E-state index in [1.807, 2.05) is 0 Å². The van der Waals surface area contributed by atoms with E-state index >= 15 is 0 Å². The Balaban J connectivity index is 2.65. The summed E-state index contributed by atoms with van der Waals surface area (Å²) in [4.78, 5) is 0. The number of benzene rings is 1. The fourth-order valence-corrected chi connectivity index (χ4v) is 2.67. The maximum absolute atomic E-state index is 13.4. The standard InChI is InChI=1S/C12H11BrF4N4/c1-18-9(10-11(13)19-20-21(10)2)7-5-6(14)3-4-8(7)12(15,16)17/h3-5,9,18H,1-2H3. The van der Waals surface area contributed by atoms with Crippen LogP contribution in [-0.4, -0.2) is 22.0 Å². The average molecular weight is 367 g/mol. The van der Waals surface area contributed by atoms with Crippen molar-refractivity contribution in [2.45, 2.75) is 12.2 Å². The zero-order chi connectivity index (χ0) is 15.8. The summed E-state index contributed by atoms with van der Waals surface area (Å²) in [5.74, 6) is -0.746.